The van der Waals surface area contributed by atoms with Gasteiger partial charge in [-0.1, -0.05) is 47.6 Å². The van der Waals surface area contributed by atoms with Gasteiger partial charge in [0.15, 0.2) is 16.7 Å². The molecule has 0 amide bonds. The molecule has 172 valence electrons. The summed E-state index contributed by atoms with van der Waals surface area (Å²) in [6.45, 7) is 7.97. The Bertz CT molecular complexity index is 1130. The summed E-state index contributed by atoms with van der Waals surface area (Å²) in [4.78, 5) is 2.50. The Morgan fingerprint density at radius 3 is 2.73 bits per heavy atom. The number of halogens is 1. The molecule has 5 rings (SSSR count). The molecule has 2 aliphatic rings. The van der Waals surface area contributed by atoms with Crippen LogP contribution in [0.2, 0.25) is 5.02 Å². The van der Waals surface area contributed by atoms with Crippen LogP contribution in [0.1, 0.15) is 35.7 Å². The van der Waals surface area contributed by atoms with Crippen molar-refractivity contribution >= 4 is 23.4 Å². The summed E-state index contributed by atoms with van der Waals surface area (Å²) in [6.07, 6.45) is 4.06. The zero-order chi connectivity index (χ0) is 22.6. The first kappa shape index (κ1) is 22.3. The molecule has 0 radical (unpaired) electrons. The Kier molecular flexibility index (Phi) is 6.90. The second kappa shape index (κ2) is 10.2. The molecule has 8 heteroatoms. The number of nitrogens with zero attached hydrogens (tertiary/aromatic N) is 4. The zero-order valence-electron chi connectivity index (χ0n) is 18.5. The van der Waals surface area contributed by atoms with Crippen LogP contribution in [-0.2, 0) is 18.8 Å². The van der Waals surface area contributed by atoms with Crippen molar-refractivity contribution in [1.29, 1.82) is 0 Å². The summed E-state index contributed by atoms with van der Waals surface area (Å²) in [5, 5.41) is 10.8. The molecule has 6 nitrogen and oxygen atoms in total. The second-order valence-electron chi connectivity index (χ2n) is 8.40. The summed E-state index contributed by atoms with van der Waals surface area (Å²) in [5.41, 5.74) is 2.44. The number of fused-ring (bicyclic) bond motifs is 1. The number of hydrogen-bond acceptors (Lipinski definition) is 6. The normalized spacial score (nSPS) is 16.3. The van der Waals surface area contributed by atoms with Gasteiger partial charge in [-0.2, -0.15) is 0 Å². The standard InChI is InChI=1S/C25H27ClN4O2S/c1-2-10-30-24(27-28-25(30)33-16-19-4-3-5-21(26)13-19)20-8-11-29(12-9-20)15-18-6-7-22-23(14-18)32-17-31-22/h2-7,13-14,20H,1,8-12,15-17H2. The van der Waals surface area contributed by atoms with Crippen LogP contribution in [-0.4, -0.2) is 39.5 Å². The summed E-state index contributed by atoms with van der Waals surface area (Å²) < 4.78 is 13.2. The van der Waals surface area contributed by atoms with Crippen molar-refractivity contribution in [3.8, 4) is 11.5 Å². The van der Waals surface area contributed by atoms with E-state index in [0.29, 0.717) is 12.7 Å². The van der Waals surface area contributed by atoms with Crippen molar-refractivity contribution in [1.82, 2.24) is 19.7 Å². The highest BCUT2D eigenvalue weighted by atomic mass is 35.5. The summed E-state index contributed by atoms with van der Waals surface area (Å²) in [5.74, 6) is 3.98. The fourth-order valence-electron chi connectivity index (χ4n) is 4.43. The Morgan fingerprint density at radius 2 is 1.91 bits per heavy atom. The van der Waals surface area contributed by atoms with Gasteiger partial charge in [0, 0.05) is 29.8 Å². The number of hydrogen-bond donors (Lipinski definition) is 0. The van der Waals surface area contributed by atoms with Crippen molar-refractivity contribution in [3.05, 3.63) is 77.1 Å². The topological polar surface area (TPSA) is 52.4 Å². The molecule has 0 aliphatic carbocycles. The molecule has 3 heterocycles. The predicted molar refractivity (Wildman–Crippen MR) is 131 cm³/mol. The highest BCUT2D eigenvalue weighted by Crippen LogP contribution is 2.34. The van der Waals surface area contributed by atoms with Crippen molar-refractivity contribution < 1.29 is 9.47 Å². The van der Waals surface area contributed by atoms with Gasteiger partial charge in [0.05, 0.1) is 0 Å². The van der Waals surface area contributed by atoms with Crippen LogP contribution in [0.3, 0.4) is 0 Å². The molecule has 0 spiro atoms. The highest BCUT2D eigenvalue weighted by Gasteiger charge is 2.26. The molecule has 1 fully saturated rings. The Hall–Kier alpha value is -2.48. The minimum absolute atomic E-state index is 0.314. The maximum Gasteiger partial charge on any atom is 0.231 e. The van der Waals surface area contributed by atoms with Gasteiger partial charge in [-0.05, 0) is 61.3 Å². The third-order valence-electron chi connectivity index (χ3n) is 6.11. The highest BCUT2D eigenvalue weighted by molar-refractivity contribution is 7.98. The van der Waals surface area contributed by atoms with Gasteiger partial charge in [0.25, 0.3) is 0 Å². The van der Waals surface area contributed by atoms with E-state index in [1.165, 1.54) is 11.1 Å². The van der Waals surface area contributed by atoms with Gasteiger partial charge < -0.3 is 14.0 Å². The lowest BCUT2D eigenvalue weighted by molar-refractivity contribution is 0.173. The van der Waals surface area contributed by atoms with E-state index in [4.69, 9.17) is 21.1 Å². The fraction of sp³-hybridized carbons (Fsp3) is 0.360. The number of piperidine rings is 1. The van der Waals surface area contributed by atoms with Crippen LogP contribution < -0.4 is 9.47 Å². The summed E-state index contributed by atoms with van der Waals surface area (Å²) in [7, 11) is 0. The molecular formula is C25H27ClN4O2S. The first-order chi connectivity index (χ1) is 16.2. The number of rotatable bonds is 8. The first-order valence-electron chi connectivity index (χ1n) is 11.2. The van der Waals surface area contributed by atoms with Crippen LogP contribution in [0.25, 0.3) is 0 Å². The molecule has 0 unspecified atom stereocenters. The van der Waals surface area contributed by atoms with Gasteiger partial charge >= 0.3 is 0 Å². The molecule has 0 atom stereocenters. The molecular weight excluding hydrogens is 456 g/mol. The van der Waals surface area contributed by atoms with E-state index < -0.39 is 0 Å². The smallest absolute Gasteiger partial charge is 0.231 e. The Labute approximate surface area is 203 Å². The van der Waals surface area contributed by atoms with Crippen LogP contribution in [0.4, 0.5) is 0 Å². The lowest BCUT2D eigenvalue weighted by atomic mass is 9.95. The van der Waals surface area contributed by atoms with Gasteiger partial charge in [0.2, 0.25) is 6.79 Å². The molecule has 1 saturated heterocycles. The van der Waals surface area contributed by atoms with Crippen molar-refractivity contribution in [2.75, 3.05) is 19.9 Å². The molecule has 2 aromatic carbocycles. The molecule has 3 aromatic rings. The molecule has 0 bridgehead atoms. The minimum Gasteiger partial charge on any atom is -0.454 e. The number of allylic oxidation sites excluding steroid dienone is 1. The fourth-order valence-corrected chi connectivity index (χ4v) is 5.54. The molecule has 33 heavy (non-hydrogen) atoms. The lowest BCUT2D eigenvalue weighted by Crippen LogP contribution is -2.33. The maximum atomic E-state index is 6.13. The van der Waals surface area contributed by atoms with E-state index in [1.54, 1.807) is 11.8 Å². The number of ether oxygens (including phenoxy) is 2. The monoisotopic (exact) mass is 482 g/mol. The van der Waals surface area contributed by atoms with E-state index in [2.05, 4.69) is 44.4 Å². The third kappa shape index (κ3) is 5.21. The molecule has 2 aliphatic heterocycles. The zero-order valence-corrected chi connectivity index (χ0v) is 20.0. The second-order valence-corrected chi connectivity index (χ2v) is 9.78. The van der Waals surface area contributed by atoms with E-state index >= 15 is 0 Å². The van der Waals surface area contributed by atoms with E-state index in [-0.39, 0.29) is 0 Å². The minimum atomic E-state index is 0.314. The van der Waals surface area contributed by atoms with E-state index in [1.807, 2.05) is 30.3 Å². The quantitative estimate of drug-likeness (QED) is 0.311. The van der Waals surface area contributed by atoms with Crippen molar-refractivity contribution in [3.63, 3.8) is 0 Å². The summed E-state index contributed by atoms with van der Waals surface area (Å²) in [6, 6.07) is 14.2. The molecule has 0 N–H and O–H groups in total. The van der Waals surface area contributed by atoms with Gasteiger partial charge in [-0.3, -0.25) is 4.90 Å². The first-order valence-corrected chi connectivity index (χ1v) is 12.6. The largest absolute Gasteiger partial charge is 0.454 e. The van der Waals surface area contributed by atoms with Crippen molar-refractivity contribution in [2.45, 2.75) is 42.8 Å². The lowest BCUT2D eigenvalue weighted by Gasteiger charge is -2.31. The van der Waals surface area contributed by atoms with Crippen LogP contribution in [0, 0.1) is 0 Å². The van der Waals surface area contributed by atoms with E-state index in [0.717, 1.165) is 72.3 Å². The van der Waals surface area contributed by atoms with Crippen molar-refractivity contribution in [2.24, 2.45) is 0 Å². The SMILES string of the molecule is C=CCn1c(SCc2cccc(Cl)c2)nnc1C1CCN(Cc2ccc3c(c2)OCO3)CC1. The number of thioether (sulfide) groups is 1. The number of likely N-dealkylation sites (tertiary alicyclic amines) is 1. The molecule has 0 saturated carbocycles. The average molecular weight is 483 g/mol. The van der Waals surface area contributed by atoms with Gasteiger partial charge in [-0.15, -0.1) is 16.8 Å². The third-order valence-corrected chi connectivity index (χ3v) is 7.38. The molecule has 1 aromatic heterocycles. The maximum absolute atomic E-state index is 6.13. The van der Waals surface area contributed by atoms with Crippen LogP contribution in [0.5, 0.6) is 11.5 Å². The number of benzene rings is 2. The van der Waals surface area contributed by atoms with Crippen LogP contribution >= 0.6 is 23.4 Å². The Morgan fingerprint density at radius 1 is 1.06 bits per heavy atom. The van der Waals surface area contributed by atoms with Crippen LogP contribution in [0.15, 0.2) is 60.3 Å². The van der Waals surface area contributed by atoms with Gasteiger partial charge in [-0.25, -0.2) is 0 Å². The average Bonchev–Trinajstić information content (AvgIpc) is 3.45. The van der Waals surface area contributed by atoms with E-state index in [9.17, 15) is 0 Å². The predicted octanol–water partition coefficient (Wildman–Crippen LogP) is 5.52. The summed E-state index contributed by atoms with van der Waals surface area (Å²) >= 11 is 7.83. The number of aromatic nitrogens is 3. The Balaban J connectivity index is 1.21. The van der Waals surface area contributed by atoms with Gasteiger partial charge in [0.1, 0.15) is 5.82 Å².